The molecule has 1 N–H and O–H groups in total. The zero-order chi connectivity index (χ0) is 20.5. The van der Waals surface area contributed by atoms with Crippen molar-refractivity contribution < 1.29 is 17.9 Å². The molecule has 0 fully saturated rings. The van der Waals surface area contributed by atoms with Gasteiger partial charge >= 0.3 is 0 Å². The van der Waals surface area contributed by atoms with Gasteiger partial charge in [0.1, 0.15) is 12.4 Å². The van der Waals surface area contributed by atoms with Crippen molar-refractivity contribution in [3.8, 4) is 5.75 Å². The fourth-order valence-corrected chi connectivity index (χ4v) is 4.76. The molecule has 0 radical (unpaired) electrons. The van der Waals surface area contributed by atoms with Gasteiger partial charge in [-0.15, -0.1) is 0 Å². The van der Waals surface area contributed by atoms with Gasteiger partial charge in [-0.1, -0.05) is 6.07 Å². The number of fused-ring (bicyclic) bond motifs is 1. The van der Waals surface area contributed by atoms with Crippen molar-refractivity contribution in [1.82, 2.24) is 4.72 Å². The predicted molar refractivity (Wildman–Crippen MR) is 109 cm³/mol. The van der Waals surface area contributed by atoms with Crippen LogP contribution in [0.5, 0.6) is 5.75 Å². The van der Waals surface area contributed by atoms with Crippen molar-refractivity contribution in [1.29, 1.82) is 0 Å². The molecule has 0 bridgehead atoms. The average molecular weight is 403 g/mol. The molecule has 1 heterocycles. The Labute approximate surface area is 166 Å². The first-order valence-electron chi connectivity index (χ1n) is 9.31. The summed E-state index contributed by atoms with van der Waals surface area (Å²) in [5.41, 5.74) is 3.86. The van der Waals surface area contributed by atoms with Gasteiger partial charge in [-0.2, -0.15) is 0 Å². The molecule has 3 rings (SSSR count). The second-order valence-corrected chi connectivity index (χ2v) is 9.07. The number of sulfonamides is 1. The standard InChI is InChI=1S/C21H26N2O4S/c1-14-9-15(2)11-19(10-14)27-8-7-22-28(25,26)20-5-6-21-18(13-20)12-16(3)23(21)17(4)24/h5-6,9-11,13,16,22H,7-8,12H2,1-4H3. The summed E-state index contributed by atoms with van der Waals surface area (Å²) in [7, 11) is -3.64. The molecule has 28 heavy (non-hydrogen) atoms. The molecule has 1 aliphatic heterocycles. The molecule has 0 aliphatic carbocycles. The van der Waals surface area contributed by atoms with Crippen LogP contribution >= 0.6 is 0 Å². The number of hydrogen-bond acceptors (Lipinski definition) is 4. The second kappa shape index (κ2) is 7.93. The maximum atomic E-state index is 12.6. The Morgan fingerprint density at radius 3 is 2.50 bits per heavy atom. The van der Waals surface area contributed by atoms with E-state index in [1.54, 1.807) is 23.1 Å². The van der Waals surface area contributed by atoms with Crippen LogP contribution in [0.4, 0.5) is 5.69 Å². The van der Waals surface area contributed by atoms with Gasteiger partial charge in [0, 0.05) is 25.2 Å². The Bertz CT molecular complexity index is 981. The highest BCUT2D eigenvalue weighted by Crippen LogP contribution is 2.33. The van der Waals surface area contributed by atoms with Crippen LogP contribution < -0.4 is 14.4 Å². The van der Waals surface area contributed by atoms with E-state index in [0.29, 0.717) is 6.42 Å². The quantitative estimate of drug-likeness (QED) is 0.754. The largest absolute Gasteiger partial charge is 0.492 e. The van der Waals surface area contributed by atoms with Crippen LogP contribution in [0.3, 0.4) is 0 Å². The molecule has 6 nitrogen and oxygen atoms in total. The van der Waals surface area contributed by atoms with Crippen molar-refractivity contribution in [3.63, 3.8) is 0 Å². The molecular formula is C21H26N2O4S. The molecule has 1 unspecified atom stereocenters. The van der Waals surface area contributed by atoms with Gasteiger partial charge in [0.2, 0.25) is 15.9 Å². The van der Waals surface area contributed by atoms with Gasteiger partial charge < -0.3 is 9.64 Å². The van der Waals surface area contributed by atoms with Crippen LogP contribution in [0.15, 0.2) is 41.3 Å². The molecule has 0 saturated heterocycles. The Kier molecular flexibility index (Phi) is 5.76. The molecule has 2 aromatic carbocycles. The number of nitrogens with one attached hydrogen (secondary N) is 1. The highest BCUT2D eigenvalue weighted by molar-refractivity contribution is 7.89. The van der Waals surface area contributed by atoms with Crippen LogP contribution in [0.2, 0.25) is 0 Å². The van der Waals surface area contributed by atoms with E-state index >= 15 is 0 Å². The molecule has 1 amide bonds. The van der Waals surface area contributed by atoms with Crippen molar-refractivity contribution in [2.45, 2.75) is 45.1 Å². The summed E-state index contributed by atoms with van der Waals surface area (Å²) in [5.74, 6) is 0.691. The molecule has 1 atom stereocenters. The van der Waals surface area contributed by atoms with Crippen molar-refractivity contribution in [3.05, 3.63) is 53.1 Å². The van der Waals surface area contributed by atoms with E-state index in [2.05, 4.69) is 10.8 Å². The smallest absolute Gasteiger partial charge is 0.240 e. The topological polar surface area (TPSA) is 75.7 Å². The van der Waals surface area contributed by atoms with Gasteiger partial charge in [0.15, 0.2) is 0 Å². The first-order chi connectivity index (χ1) is 13.2. The predicted octanol–water partition coefficient (Wildman–Crippen LogP) is 2.96. The number of carbonyl (C=O) groups is 1. The minimum atomic E-state index is -3.64. The molecular weight excluding hydrogens is 376 g/mol. The number of nitrogens with zero attached hydrogens (tertiary/aromatic N) is 1. The van der Waals surface area contributed by atoms with E-state index in [4.69, 9.17) is 4.74 Å². The lowest BCUT2D eigenvalue weighted by molar-refractivity contribution is -0.116. The summed E-state index contributed by atoms with van der Waals surface area (Å²) < 4.78 is 33.4. The Morgan fingerprint density at radius 1 is 1.18 bits per heavy atom. The van der Waals surface area contributed by atoms with Crippen LogP contribution in [0.25, 0.3) is 0 Å². The van der Waals surface area contributed by atoms with Gasteiger partial charge in [-0.25, -0.2) is 13.1 Å². The average Bonchev–Trinajstić information content (AvgIpc) is 2.93. The van der Waals surface area contributed by atoms with E-state index in [1.165, 1.54) is 6.92 Å². The van der Waals surface area contributed by atoms with Crippen LogP contribution in [0.1, 0.15) is 30.5 Å². The van der Waals surface area contributed by atoms with E-state index < -0.39 is 10.0 Å². The SMILES string of the molecule is CC(=O)N1c2ccc(S(=O)(=O)NCCOc3cc(C)cc(C)c3)cc2CC1C. The number of amides is 1. The monoisotopic (exact) mass is 402 g/mol. The van der Waals surface area contributed by atoms with E-state index in [0.717, 1.165) is 28.1 Å². The third-order valence-electron chi connectivity index (χ3n) is 4.77. The molecule has 0 saturated carbocycles. The number of aryl methyl sites for hydroxylation is 2. The highest BCUT2D eigenvalue weighted by atomic mass is 32.2. The minimum absolute atomic E-state index is 0.0320. The number of hydrogen-bond donors (Lipinski definition) is 1. The summed E-state index contributed by atoms with van der Waals surface area (Å²) in [5, 5.41) is 0. The Hall–Kier alpha value is -2.38. The number of rotatable bonds is 6. The number of ether oxygens (including phenoxy) is 1. The van der Waals surface area contributed by atoms with Gasteiger partial charge in [-0.05, 0) is 74.2 Å². The number of benzene rings is 2. The third kappa shape index (κ3) is 4.36. The number of anilines is 1. The normalized spacial score (nSPS) is 16.1. The maximum Gasteiger partial charge on any atom is 0.240 e. The lowest BCUT2D eigenvalue weighted by Crippen LogP contribution is -2.33. The summed E-state index contributed by atoms with van der Waals surface area (Å²) in [6.07, 6.45) is 0.647. The molecule has 1 aliphatic rings. The third-order valence-corrected chi connectivity index (χ3v) is 6.23. The van der Waals surface area contributed by atoms with Crippen molar-refractivity contribution in [2.75, 3.05) is 18.1 Å². The van der Waals surface area contributed by atoms with Gasteiger partial charge in [-0.3, -0.25) is 4.79 Å². The molecule has 0 aromatic heterocycles. The fraction of sp³-hybridized carbons (Fsp3) is 0.381. The zero-order valence-corrected chi connectivity index (χ0v) is 17.5. The van der Waals surface area contributed by atoms with Crippen LogP contribution in [-0.4, -0.2) is 33.5 Å². The van der Waals surface area contributed by atoms with E-state index in [1.807, 2.05) is 32.9 Å². The lowest BCUT2D eigenvalue weighted by atomic mass is 10.1. The summed E-state index contributed by atoms with van der Waals surface area (Å²) in [6.45, 7) is 7.87. The summed E-state index contributed by atoms with van der Waals surface area (Å²) in [6, 6.07) is 10.8. The second-order valence-electron chi connectivity index (χ2n) is 7.30. The Balaban J connectivity index is 1.64. The van der Waals surface area contributed by atoms with Gasteiger partial charge in [0.25, 0.3) is 0 Å². The number of carbonyl (C=O) groups excluding carboxylic acids is 1. The van der Waals surface area contributed by atoms with Gasteiger partial charge in [0.05, 0.1) is 4.90 Å². The molecule has 7 heteroatoms. The van der Waals surface area contributed by atoms with Crippen molar-refractivity contribution in [2.24, 2.45) is 0 Å². The molecule has 0 spiro atoms. The lowest BCUT2D eigenvalue weighted by Gasteiger charge is -2.20. The minimum Gasteiger partial charge on any atom is -0.492 e. The Morgan fingerprint density at radius 2 is 1.86 bits per heavy atom. The van der Waals surface area contributed by atoms with Crippen LogP contribution in [0, 0.1) is 13.8 Å². The van der Waals surface area contributed by atoms with Crippen LogP contribution in [-0.2, 0) is 21.2 Å². The van der Waals surface area contributed by atoms with Crippen molar-refractivity contribution >= 4 is 21.6 Å². The highest BCUT2D eigenvalue weighted by Gasteiger charge is 2.30. The fourth-order valence-electron chi connectivity index (χ4n) is 3.70. The molecule has 2 aromatic rings. The van der Waals surface area contributed by atoms with E-state index in [-0.39, 0.29) is 30.0 Å². The maximum absolute atomic E-state index is 12.6. The summed E-state index contributed by atoms with van der Waals surface area (Å²) in [4.78, 5) is 13.7. The summed E-state index contributed by atoms with van der Waals surface area (Å²) >= 11 is 0. The van der Waals surface area contributed by atoms with E-state index in [9.17, 15) is 13.2 Å². The molecule has 150 valence electrons. The first kappa shape index (κ1) is 20.4. The zero-order valence-electron chi connectivity index (χ0n) is 16.7. The first-order valence-corrected chi connectivity index (χ1v) is 10.8.